The number of hydrogen-bond donors (Lipinski definition) is 6. The van der Waals surface area contributed by atoms with Gasteiger partial charge in [-0.25, -0.2) is 4.79 Å². The van der Waals surface area contributed by atoms with Gasteiger partial charge in [0.2, 0.25) is 0 Å². The number of nitrogens with one attached hydrogen (secondary N) is 4. The number of halogens is 3. The van der Waals surface area contributed by atoms with Gasteiger partial charge < -0.3 is 25.6 Å². The first kappa shape index (κ1) is 34.4. The molecule has 1 unspecified atom stereocenters. The lowest BCUT2D eigenvalue weighted by Crippen LogP contribution is -2.45. The zero-order valence-corrected chi connectivity index (χ0v) is 24.3. The second-order valence-electron chi connectivity index (χ2n) is 8.99. The van der Waals surface area contributed by atoms with Crippen LogP contribution in [0.1, 0.15) is 43.5 Å². The van der Waals surface area contributed by atoms with E-state index >= 15 is 0 Å². The van der Waals surface area contributed by atoms with Crippen LogP contribution in [-0.4, -0.2) is 46.7 Å². The predicted octanol–water partition coefficient (Wildman–Crippen LogP) is 4.94. The van der Waals surface area contributed by atoms with E-state index in [2.05, 4.69) is 16.2 Å². The number of hydrogen-bond acceptors (Lipinski definition) is 7. The van der Waals surface area contributed by atoms with Crippen molar-refractivity contribution < 1.29 is 37.3 Å². The van der Waals surface area contributed by atoms with E-state index in [4.69, 9.17) is 42.7 Å². The van der Waals surface area contributed by atoms with Gasteiger partial charge in [-0.15, -0.1) is 0 Å². The number of benzene rings is 3. The molecular formula is C29H32F3N5O5S. The molecule has 0 aliphatic heterocycles. The maximum Gasteiger partial charge on any atom is 0.490 e. The summed E-state index contributed by atoms with van der Waals surface area (Å²) in [6.45, 7) is 6.21. The molecule has 0 aromatic heterocycles. The summed E-state index contributed by atoms with van der Waals surface area (Å²) < 4.78 is 43.4. The molecule has 0 radical (unpaired) electrons. The number of ether oxygens (including phenoxy) is 2. The fourth-order valence-electron chi connectivity index (χ4n) is 3.39. The zero-order valence-electron chi connectivity index (χ0n) is 23.5. The molecule has 0 bridgehead atoms. The Morgan fingerprint density at radius 1 is 0.977 bits per heavy atom. The highest BCUT2D eigenvalue weighted by Gasteiger charge is 2.38. The number of anilines is 1. The number of carbonyl (C=O) groups excluding carboxylic acids is 1. The van der Waals surface area contributed by atoms with Crippen LogP contribution in [0, 0.1) is 5.41 Å². The highest BCUT2D eigenvalue weighted by atomic mass is 32.1. The third-order valence-corrected chi connectivity index (χ3v) is 5.65. The molecule has 0 fully saturated rings. The van der Waals surface area contributed by atoms with E-state index < -0.39 is 18.2 Å². The molecule has 1 atom stereocenters. The van der Waals surface area contributed by atoms with Crippen molar-refractivity contribution in [3.8, 4) is 11.5 Å². The van der Waals surface area contributed by atoms with Crippen LogP contribution in [0.2, 0.25) is 0 Å². The van der Waals surface area contributed by atoms with E-state index in [9.17, 15) is 18.0 Å². The van der Waals surface area contributed by atoms with Crippen LogP contribution in [0.4, 0.5) is 18.9 Å². The van der Waals surface area contributed by atoms with E-state index in [1.807, 2.05) is 57.2 Å². The molecule has 3 rings (SSSR count). The third-order valence-electron chi connectivity index (χ3n) is 5.31. The molecular weight excluding hydrogens is 587 g/mol. The van der Waals surface area contributed by atoms with Crippen LogP contribution in [-0.2, 0) is 9.59 Å². The summed E-state index contributed by atoms with van der Waals surface area (Å²) in [7, 11) is 0. The fraction of sp³-hybridized carbons (Fsp3) is 0.241. The number of hydrazine groups is 1. The maximum absolute atomic E-state index is 13.4. The van der Waals surface area contributed by atoms with Gasteiger partial charge in [-0.2, -0.15) is 13.2 Å². The Morgan fingerprint density at radius 3 is 2.09 bits per heavy atom. The smallest absolute Gasteiger partial charge is 0.490 e. The number of aliphatic carboxylic acids is 1. The van der Waals surface area contributed by atoms with Crippen LogP contribution in [0.3, 0.4) is 0 Å². The molecule has 0 spiro atoms. The normalized spacial score (nSPS) is 11.3. The van der Waals surface area contributed by atoms with E-state index in [1.165, 1.54) is 0 Å². The average molecular weight is 620 g/mol. The Morgan fingerprint density at radius 2 is 1.58 bits per heavy atom. The molecule has 0 heterocycles. The molecule has 0 aliphatic carbocycles. The summed E-state index contributed by atoms with van der Waals surface area (Å²) in [5.74, 6) is -2.00. The van der Waals surface area contributed by atoms with Crippen LogP contribution in [0.5, 0.6) is 11.5 Å². The molecule has 43 heavy (non-hydrogen) atoms. The van der Waals surface area contributed by atoms with Gasteiger partial charge in [-0.3, -0.25) is 21.1 Å². The number of rotatable bonds is 10. The minimum absolute atomic E-state index is 0.0310. The van der Waals surface area contributed by atoms with Crippen molar-refractivity contribution in [1.29, 1.82) is 5.41 Å². The number of carbonyl (C=O) groups is 2. The quantitative estimate of drug-likeness (QED) is 0.0800. The number of thiocarbonyl (C=S) groups is 1. The lowest BCUT2D eigenvalue weighted by Gasteiger charge is -2.22. The van der Waals surface area contributed by atoms with Crippen LogP contribution < -0.4 is 31.4 Å². The molecule has 230 valence electrons. The predicted molar refractivity (Wildman–Crippen MR) is 160 cm³/mol. The molecule has 0 aliphatic rings. The van der Waals surface area contributed by atoms with Gasteiger partial charge in [-0.05, 0) is 62.7 Å². The molecule has 1 amide bonds. The van der Waals surface area contributed by atoms with E-state index in [-0.39, 0.29) is 17.8 Å². The Balaban J connectivity index is 0.000000821. The summed E-state index contributed by atoms with van der Waals surface area (Å²) in [4.78, 5) is 22.7. The highest BCUT2D eigenvalue weighted by molar-refractivity contribution is 7.80. The number of carboxylic acids is 1. The van der Waals surface area contributed by atoms with Crippen molar-refractivity contribution in [3.63, 3.8) is 0 Å². The second kappa shape index (κ2) is 16.0. The first-order valence-electron chi connectivity index (χ1n) is 12.8. The lowest BCUT2D eigenvalue weighted by atomic mass is 10.0. The minimum Gasteiger partial charge on any atom is -0.490 e. The Bertz CT molecular complexity index is 1400. The van der Waals surface area contributed by atoms with Crippen LogP contribution >= 0.6 is 12.2 Å². The molecule has 14 heteroatoms. The summed E-state index contributed by atoms with van der Waals surface area (Å²) in [6, 6.07) is 20.9. The molecule has 10 nitrogen and oxygen atoms in total. The minimum atomic E-state index is -5.08. The largest absolute Gasteiger partial charge is 0.490 e. The number of nitrogen functional groups attached to an aromatic ring is 1. The van der Waals surface area contributed by atoms with Crippen molar-refractivity contribution in [3.05, 3.63) is 89.5 Å². The third kappa shape index (κ3) is 11.2. The summed E-state index contributed by atoms with van der Waals surface area (Å²) in [5.41, 5.74) is 13.8. The molecule has 0 saturated heterocycles. The monoisotopic (exact) mass is 619 g/mol. The molecule has 3 aromatic rings. The van der Waals surface area contributed by atoms with Crippen LogP contribution in [0.25, 0.3) is 0 Å². The van der Waals surface area contributed by atoms with Crippen molar-refractivity contribution in [2.75, 3.05) is 11.9 Å². The summed E-state index contributed by atoms with van der Waals surface area (Å²) in [5, 5.41) is 18.0. The number of carboxylic acid groups (broad SMARTS) is 1. The maximum atomic E-state index is 13.4. The number of amidine groups is 1. The number of amides is 1. The van der Waals surface area contributed by atoms with Gasteiger partial charge in [0.05, 0.1) is 12.7 Å². The number of nitrogens with two attached hydrogens (primary N) is 1. The van der Waals surface area contributed by atoms with E-state index in [1.54, 1.807) is 36.4 Å². The van der Waals surface area contributed by atoms with Crippen molar-refractivity contribution >= 4 is 40.6 Å². The Labute approximate surface area is 251 Å². The van der Waals surface area contributed by atoms with E-state index in [0.29, 0.717) is 39.9 Å². The van der Waals surface area contributed by atoms with Crippen molar-refractivity contribution in [2.24, 2.45) is 5.73 Å². The Kier molecular flexibility index (Phi) is 12.8. The topological polar surface area (TPSA) is 159 Å². The first-order chi connectivity index (χ1) is 20.2. The molecule has 3 aromatic carbocycles. The SMILES string of the molecule is CCOc1cc(C(Nc2ccc(C(=N)N)cc2)C(=O)NNC(=S)c2ccccc2)ccc1OC(C)C.O=C(O)C(F)(F)F. The van der Waals surface area contributed by atoms with Gasteiger partial charge in [0.25, 0.3) is 5.91 Å². The Hall–Kier alpha value is -4.85. The second-order valence-corrected chi connectivity index (χ2v) is 9.39. The number of alkyl halides is 3. The molecule has 7 N–H and O–H groups in total. The highest BCUT2D eigenvalue weighted by Crippen LogP contribution is 2.33. The summed E-state index contributed by atoms with van der Waals surface area (Å²) >= 11 is 5.41. The van der Waals surface area contributed by atoms with Gasteiger partial charge in [0, 0.05) is 16.8 Å². The average Bonchev–Trinajstić information content (AvgIpc) is 2.96. The van der Waals surface area contributed by atoms with Gasteiger partial charge in [-0.1, -0.05) is 48.6 Å². The van der Waals surface area contributed by atoms with Crippen molar-refractivity contribution in [2.45, 2.75) is 39.1 Å². The fourth-order valence-corrected chi connectivity index (χ4v) is 3.58. The van der Waals surface area contributed by atoms with Gasteiger partial charge >= 0.3 is 12.1 Å². The lowest BCUT2D eigenvalue weighted by molar-refractivity contribution is -0.192. The zero-order chi connectivity index (χ0) is 32.2. The first-order valence-corrected chi connectivity index (χ1v) is 13.2. The van der Waals surface area contributed by atoms with Crippen molar-refractivity contribution in [1.82, 2.24) is 10.9 Å². The van der Waals surface area contributed by atoms with E-state index in [0.717, 1.165) is 5.56 Å². The van der Waals surface area contributed by atoms with Gasteiger partial charge in [0.1, 0.15) is 16.9 Å². The molecule has 0 saturated carbocycles. The summed E-state index contributed by atoms with van der Waals surface area (Å²) in [6.07, 6.45) is -5.12. The standard InChI is InChI=1S/C27H31N5O3S.C2HF3O2/c1-4-34-23-16-20(12-15-22(23)35-17(2)3)24(30-21-13-10-18(11-14-21)25(28)29)26(33)31-32-27(36)19-8-6-5-7-9-19;3-2(4,5)1(6)7/h5-17,24,30H,4H2,1-3H3,(H3,28,29)(H,31,33)(H,32,36);(H,6,7). The van der Waals surface area contributed by atoms with Gasteiger partial charge in [0.15, 0.2) is 11.5 Å². The van der Waals surface area contributed by atoms with Crippen LogP contribution in [0.15, 0.2) is 72.8 Å².